The average Bonchev–Trinajstić information content (AvgIpc) is 3.68. The van der Waals surface area contributed by atoms with Gasteiger partial charge in [0, 0.05) is 33.3 Å². The standard InChI is InChI=1S/C58H40N2/c1-3-18-41(19-4-1)48-25-9-10-26-49(48)44-34-37-46(38-35-44)59(54-31-14-11-27-50(54)42-20-5-2-6-21-42)55-32-15-12-28-51(55)45-23-17-24-47(40-45)60-56-33-16-13-30-53(56)58-52-29-8-7-22-43(52)36-39-57(58)60/h1-40H. The van der Waals surface area contributed by atoms with Gasteiger partial charge in [0.05, 0.1) is 22.4 Å². The molecule has 0 spiro atoms. The van der Waals surface area contributed by atoms with Crippen molar-refractivity contribution in [3.05, 3.63) is 243 Å². The van der Waals surface area contributed by atoms with E-state index in [1.54, 1.807) is 0 Å². The predicted molar refractivity (Wildman–Crippen MR) is 255 cm³/mol. The molecule has 2 heteroatoms. The van der Waals surface area contributed by atoms with Crippen LogP contribution >= 0.6 is 0 Å². The van der Waals surface area contributed by atoms with Crippen LogP contribution in [0.1, 0.15) is 0 Å². The number of nitrogens with zero attached hydrogens (tertiary/aromatic N) is 2. The number of benzene rings is 10. The molecule has 1 heterocycles. The zero-order chi connectivity index (χ0) is 39.8. The molecule has 0 unspecified atom stereocenters. The molecule has 10 aromatic carbocycles. The smallest absolute Gasteiger partial charge is 0.0547 e. The van der Waals surface area contributed by atoms with E-state index in [-0.39, 0.29) is 0 Å². The van der Waals surface area contributed by atoms with Gasteiger partial charge in [-0.1, -0.05) is 194 Å². The fraction of sp³-hybridized carbons (Fsp3) is 0. The third kappa shape index (κ3) is 6.14. The molecule has 0 aliphatic heterocycles. The van der Waals surface area contributed by atoms with Crippen molar-refractivity contribution in [1.29, 1.82) is 0 Å². The Morgan fingerprint density at radius 2 is 0.800 bits per heavy atom. The van der Waals surface area contributed by atoms with E-state index < -0.39 is 0 Å². The fourth-order valence-corrected chi connectivity index (χ4v) is 9.08. The van der Waals surface area contributed by atoms with Gasteiger partial charge in [-0.15, -0.1) is 0 Å². The molecule has 0 radical (unpaired) electrons. The second kappa shape index (κ2) is 15.1. The van der Waals surface area contributed by atoms with E-state index in [4.69, 9.17) is 0 Å². The van der Waals surface area contributed by atoms with Gasteiger partial charge in [-0.2, -0.15) is 0 Å². The average molecular weight is 765 g/mol. The summed E-state index contributed by atoms with van der Waals surface area (Å²) in [5, 5.41) is 5.07. The van der Waals surface area contributed by atoms with Crippen molar-refractivity contribution in [1.82, 2.24) is 4.57 Å². The number of hydrogen-bond donors (Lipinski definition) is 0. The Bertz CT molecular complexity index is 3310. The van der Waals surface area contributed by atoms with Crippen LogP contribution in [0.2, 0.25) is 0 Å². The third-order valence-corrected chi connectivity index (χ3v) is 11.8. The molecule has 0 bridgehead atoms. The van der Waals surface area contributed by atoms with Crippen molar-refractivity contribution >= 4 is 49.6 Å². The summed E-state index contributed by atoms with van der Waals surface area (Å²) < 4.78 is 2.43. The maximum absolute atomic E-state index is 2.43. The van der Waals surface area contributed by atoms with E-state index in [0.717, 1.165) is 39.4 Å². The van der Waals surface area contributed by atoms with E-state index in [0.29, 0.717) is 0 Å². The highest BCUT2D eigenvalue weighted by Gasteiger charge is 2.22. The van der Waals surface area contributed by atoms with E-state index in [1.165, 1.54) is 60.4 Å². The zero-order valence-electron chi connectivity index (χ0n) is 33.0. The van der Waals surface area contributed by atoms with Crippen LogP contribution in [0.4, 0.5) is 17.1 Å². The van der Waals surface area contributed by atoms with Gasteiger partial charge < -0.3 is 9.47 Å². The zero-order valence-corrected chi connectivity index (χ0v) is 33.0. The quantitative estimate of drug-likeness (QED) is 0.150. The molecular formula is C58H40N2. The van der Waals surface area contributed by atoms with Crippen molar-refractivity contribution in [3.63, 3.8) is 0 Å². The summed E-state index contributed by atoms with van der Waals surface area (Å²) in [6.07, 6.45) is 0. The number of fused-ring (bicyclic) bond motifs is 5. The van der Waals surface area contributed by atoms with Gasteiger partial charge in [0.15, 0.2) is 0 Å². The van der Waals surface area contributed by atoms with Crippen LogP contribution in [-0.4, -0.2) is 4.57 Å². The Morgan fingerprint density at radius 1 is 0.300 bits per heavy atom. The van der Waals surface area contributed by atoms with Crippen molar-refractivity contribution in [2.24, 2.45) is 0 Å². The van der Waals surface area contributed by atoms with Crippen LogP contribution in [0.25, 0.3) is 82.8 Å². The number of rotatable bonds is 8. The Labute approximate surface area is 350 Å². The minimum Gasteiger partial charge on any atom is -0.309 e. The highest BCUT2D eigenvalue weighted by molar-refractivity contribution is 6.21. The van der Waals surface area contributed by atoms with Gasteiger partial charge >= 0.3 is 0 Å². The van der Waals surface area contributed by atoms with Crippen molar-refractivity contribution < 1.29 is 0 Å². The minimum atomic E-state index is 1.08. The summed E-state index contributed by atoms with van der Waals surface area (Å²) in [7, 11) is 0. The molecule has 0 atom stereocenters. The summed E-state index contributed by atoms with van der Waals surface area (Å²) in [6.45, 7) is 0. The number of anilines is 3. The Kier molecular flexibility index (Phi) is 8.87. The van der Waals surface area contributed by atoms with Crippen molar-refractivity contribution in [2.45, 2.75) is 0 Å². The lowest BCUT2D eigenvalue weighted by Crippen LogP contribution is -2.12. The maximum Gasteiger partial charge on any atom is 0.0547 e. The van der Waals surface area contributed by atoms with Crippen LogP contribution < -0.4 is 4.90 Å². The lowest BCUT2D eigenvalue weighted by molar-refractivity contribution is 1.18. The highest BCUT2D eigenvalue weighted by Crippen LogP contribution is 2.46. The normalized spacial score (nSPS) is 11.3. The number of hydrogen-bond acceptors (Lipinski definition) is 1. The molecule has 0 saturated heterocycles. The third-order valence-electron chi connectivity index (χ3n) is 11.8. The monoisotopic (exact) mass is 764 g/mol. The van der Waals surface area contributed by atoms with E-state index in [2.05, 4.69) is 252 Å². The lowest BCUT2D eigenvalue weighted by Gasteiger charge is -2.30. The van der Waals surface area contributed by atoms with Crippen molar-refractivity contribution in [3.8, 4) is 50.2 Å². The molecule has 0 fully saturated rings. The SMILES string of the molecule is c1ccc(-c2ccccc2-c2ccc(N(c3ccccc3-c3ccccc3)c3ccccc3-c3cccc(-n4c5ccccc5c5c6ccccc6ccc54)c3)cc2)cc1. The lowest BCUT2D eigenvalue weighted by atomic mass is 9.94. The Hall–Kier alpha value is -7.94. The van der Waals surface area contributed by atoms with E-state index in [9.17, 15) is 0 Å². The van der Waals surface area contributed by atoms with Crippen LogP contribution in [-0.2, 0) is 0 Å². The largest absolute Gasteiger partial charge is 0.309 e. The molecule has 11 rings (SSSR count). The Morgan fingerprint density at radius 3 is 1.48 bits per heavy atom. The molecular weight excluding hydrogens is 725 g/mol. The number of aromatic nitrogens is 1. The first-order chi connectivity index (χ1) is 29.8. The summed E-state index contributed by atoms with van der Waals surface area (Å²) in [6, 6.07) is 87.8. The first-order valence-corrected chi connectivity index (χ1v) is 20.6. The molecule has 11 aromatic rings. The van der Waals surface area contributed by atoms with Gasteiger partial charge in [0.1, 0.15) is 0 Å². The predicted octanol–water partition coefficient (Wildman–Crippen LogP) is 16.1. The minimum absolute atomic E-state index is 1.08. The van der Waals surface area contributed by atoms with Gasteiger partial charge in [-0.3, -0.25) is 0 Å². The van der Waals surface area contributed by atoms with Crippen molar-refractivity contribution in [2.75, 3.05) is 4.90 Å². The topological polar surface area (TPSA) is 8.17 Å². The van der Waals surface area contributed by atoms with Crippen LogP contribution in [0.3, 0.4) is 0 Å². The molecule has 2 nitrogen and oxygen atoms in total. The van der Waals surface area contributed by atoms with Gasteiger partial charge in [0.25, 0.3) is 0 Å². The molecule has 0 saturated carbocycles. The highest BCUT2D eigenvalue weighted by atomic mass is 15.1. The summed E-state index contributed by atoms with van der Waals surface area (Å²) in [4.78, 5) is 2.43. The maximum atomic E-state index is 2.43. The first-order valence-electron chi connectivity index (χ1n) is 20.6. The molecule has 282 valence electrons. The molecule has 0 aliphatic rings. The van der Waals surface area contributed by atoms with Gasteiger partial charge in [-0.25, -0.2) is 0 Å². The van der Waals surface area contributed by atoms with E-state index >= 15 is 0 Å². The van der Waals surface area contributed by atoms with Crippen LogP contribution in [0.5, 0.6) is 0 Å². The molecule has 0 amide bonds. The second-order valence-corrected chi connectivity index (χ2v) is 15.3. The van der Waals surface area contributed by atoms with Gasteiger partial charge in [0.2, 0.25) is 0 Å². The Balaban J connectivity index is 1.09. The molecule has 1 aromatic heterocycles. The molecule has 0 N–H and O–H groups in total. The van der Waals surface area contributed by atoms with Crippen LogP contribution in [0, 0.1) is 0 Å². The second-order valence-electron chi connectivity index (χ2n) is 15.3. The van der Waals surface area contributed by atoms with Gasteiger partial charge in [-0.05, 0) is 92.7 Å². The summed E-state index contributed by atoms with van der Waals surface area (Å²) in [5.74, 6) is 0. The summed E-state index contributed by atoms with van der Waals surface area (Å²) in [5.41, 5.74) is 16.3. The van der Waals surface area contributed by atoms with Crippen LogP contribution in [0.15, 0.2) is 243 Å². The fourth-order valence-electron chi connectivity index (χ4n) is 9.08. The molecule has 60 heavy (non-hydrogen) atoms. The van der Waals surface area contributed by atoms with E-state index in [1.807, 2.05) is 0 Å². The number of para-hydroxylation sites is 3. The summed E-state index contributed by atoms with van der Waals surface area (Å²) >= 11 is 0. The molecule has 0 aliphatic carbocycles. The first kappa shape index (κ1) is 35.2.